The summed E-state index contributed by atoms with van der Waals surface area (Å²) in [5.74, 6) is 0.224. The van der Waals surface area contributed by atoms with E-state index in [0.29, 0.717) is 72.8 Å². The summed E-state index contributed by atoms with van der Waals surface area (Å²) >= 11 is 0.667. The zero-order valence-corrected chi connectivity index (χ0v) is 23.3. The van der Waals surface area contributed by atoms with E-state index >= 15 is 0 Å². The minimum atomic E-state index is -4.16. The molecule has 1 amide bonds. The van der Waals surface area contributed by atoms with Crippen molar-refractivity contribution in [2.75, 3.05) is 37.8 Å². The number of halogens is 3. The van der Waals surface area contributed by atoms with Crippen molar-refractivity contribution in [3.63, 3.8) is 0 Å². The number of fused-ring (bicyclic) bond motifs is 1. The highest BCUT2D eigenvalue weighted by Gasteiger charge is 2.46. The third-order valence-electron chi connectivity index (χ3n) is 6.89. The van der Waals surface area contributed by atoms with E-state index < -0.39 is 33.7 Å². The fourth-order valence-corrected chi connectivity index (χ4v) is 6.76. The van der Waals surface area contributed by atoms with Crippen molar-refractivity contribution < 1.29 is 26.4 Å². The van der Waals surface area contributed by atoms with E-state index in [0.717, 1.165) is 0 Å². The fourth-order valence-electron chi connectivity index (χ4n) is 4.57. The second kappa shape index (κ2) is 10.2. The van der Waals surface area contributed by atoms with Gasteiger partial charge < -0.3 is 9.80 Å². The minimum Gasteiger partial charge on any atom is -0.366 e. The van der Waals surface area contributed by atoms with Gasteiger partial charge in [-0.25, -0.2) is 36.3 Å². The molecule has 1 aliphatic heterocycles. The van der Waals surface area contributed by atoms with Crippen LogP contribution in [0.4, 0.5) is 18.9 Å². The van der Waals surface area contributed by atoms with Crippen molar-refractivity contribution in [3.8, 4) is 10.7 Å². The summed E-state index contributed by atoms with van der Waals surface area (Å²) in [6.07, 6.45) is -2.03. The van der Waals surface area contributed by atoms with Gasteiger partial charge in [-0.05, 0) is 31.9 Å². The first-order valence-corrected chi connectivity index (χ1v) is 14.8. The van der Waals surface area contributed by atoms with Crippen molar-refractivity contribution in [2.45, 2.75) is 50.5 Å². The van der Waals surface area contributed by atoms with Crippen molar-refractivity contribution in [3.05, 3.63) is 23.0 Å². The lowest BCUT2D eigenvalue weighted by atomic mass is 10.1. The summed E-state index contributed by atoms with van der Waals surface area (Å²) in [6.45, 7) is 6.20. The topological polar surface area (TPSA) is 121 Å². The molecule has 3 heterocycles. The van der Waals surface area contributed by atoms with Crippen molar-refractivity contribution in [2.24, 2.45) is 5.92 Å². The Hall–Kier alpha value is -2.91. The van der Waals surface area contributed by atoms with E-state index in [9.17, 15) is 26.4 Å². The number of piperazine rings is 1. The van der Waals surface area contributed by atoms with Gasteiger partial charge in [-0.3, -0.25) is 4.79 Å². The van der Waals surface area contributed by atoms with Crippen LogP contribution in [0.3, 0.4) is 0 Å². The maximum absolute atomic E-state index is 13.6. The number of nitrogens with one attached hydrogen (secondary N) is 1. The van der Waals surface area contributed by atoms with E-state index in [1.165, 1.54) is 12.1 Å². The molecule has 2 aromatic heterocycles. The molecule has 2 fully saturated rings. The third-order valence-corrected chi connectivity index (χ3v) is 9.39. The molecule has 1 saturated carbocycles. The number of hydrogen-bond donors (Lipinski definition) is 1. The maximum Gasteiger partial charge on any atom is 0.291 e. The number of hydrogen-bond acceptors (Lipinski definition) is 9. The Morgan fingerprint density at radius 1 is 1.13 bits per heavy atom. The second-order valence-corrected chi connectivity index (χ2v) is 12.9. The molecule has 0 radical (unpaired) electrons. The number of benzene rings is 1. The van der Waals surface area contributed by atoms with Crippen LogP contribution in [0.15, 0.2) is 17.0 Å². The Morgan fingerprint density at radius 2 is 1.82 bits per heavy atom. The van der Waals surface area contributed by atoms with E-state index in [-0.39, 0.29) is 27.4 Å². The Bertz CT molecular complexity index is 1520. The summed E-state index contributed by atoms with van der Waals surface area (Å²) in [6, 6.07) is 2.85. The molecule has 210 valence electrons. The summed E-state index contributed by atoms with van der Waals surface area (Å²) in [4.78, 5) is 25.1. The summed E-state index contributed by atoms with van der Waals surface area (Å²) in [5.41, 5.74) is -0.0321. The Balaban J connectivity index is 1.64. The second-order valence-electron chi connectivity index (χ2n) is 10.2. The number of aromatic nitrogens is 4. The van der Waals surface area contributed by atoms with Gasteiger partial charge in [0.05, 0.1) is 21.6 Å². The van der Waals surface area contributed by atoms with Crippen LogP contribution in [0.2, 0.25) is 0 Å². The maximum atomic E-state index is 13.6. The predicted molar refractivity (Wildman–Crippen MR) is 140 cm³/mol. The van der Waals surface area contributed by atoms with Gasteiger partial charge in [0.1, 0.15) is 18.2 Å². The molecular formula is C24H28F3N7O3S2. The zero-order chi connectivity index (χ0) is 28.1. The number of anilines is 1. The largest absolute Gasteiger partial charge is 0.366 e. The van der Waals surface area contributed by atoms with Crippen molar-refractivity contribution in [1.29, 1.82) is 0 Å². The van der Waals surface area contributed by atoms with E-state index in [4.69, 9.17) is 0 Å². The number of carbonyl (C=O) groups is 1. The lowest BCUT2D eigenvalue weighted by Gasteiger charge is -2.37. The molecule has 0 atom stereocenters. The number of aryl methyl sites for hydroxylation is 1. The zero-order valence-electron chi connectivity index (χ0n) is 21.6. The van der Waals surface area contributed by atoms with Crippen LogP contribution >= 0.6 is 11.3 Å². The van der Waals surface area contributed by atoms with Crippen molar-refractivity contribution in [1.82, 2.24) is 29.8 Å². The average molecular weight is 584 g/mol. The Morgan fingerprint density at radius 3 is 2.38 bits per heavy atom. The van der Waals surface area contributed by atoms with Crippen LogP contribution in [0.5, 0.6) is 0 Å². The van der Waals surface area contributed by atoms with Crippen LogP contribution in [0.1, 0.15) is 43.9 Å². The van der Waals surface area contributed by atoms with Crippen LogP contribution in [0, 0.1) is 12.8 Å². The molecule has 2 aliphatic rings. The molecule has 0 spiro atoms. The van der Waals surface area contributed by atoms with Gasteiger partial charge in [-0.2, -0.15) is 0 Å². The molecular weight excluding hydrogens is 555 g/mol. The molecule has 1 saturated heterocycles. The minimum absolute atomic E-state index is 0.0348. The SMILES string of the molecule is Cc1nc(-c2nnc(C(F)F)s2)c2cc(S(=O)(=O)NC3(CF)CC3)cc(N3CCN(C(=O)C(C)C)CC3)c2n1. The number of amides is 1. The summed E-state index contributed by atoms with van der Waals surface area (Å²) in [5, 5.41) is 7.36. The number of sulfonamides is 1. The quantitative estimate of drug-likeness (QED) is 0.428. The molecule has 1 aliphatic carbocycles. The highest BCUT2D eigenvalue weighted by atomic mass is 32.2. The lowest BCUT2D eigenvalue weighted by Crippen LogP contribution is -2.50. The predicted octanol–water partition coefficient (Wildman–Crippen LogP) is 3.48. The fraction of sp³-hybridized carbons (Fsp3) is 0.542. The third kappa shape index (κ3) is 5.43. The summed E-state index contributed by atoms with van der Waals surface area (Å²) < 4.78 is 69.5. The first-order chi connectivity index (χ1) is 18.4. The Kier molecular flexibility index (Phi) is 7.26. The smallest absolute Gasteiger partial charge is 0.291 e. The van der Waals surface area contributed by atoms with Gasteiger partial charge in [-0.1, -0.05) is 25.2 Å². The number of carbonyl (C=O) groups excluding carboxylic acids is 1. The van der Waals surface area contributed by atoms with Gasteiger partial charge in [0.15, 0.2) is 10.0 Å². The molecule has 0 unspecified atom stereocenters. The molecule has 10 nitrogen and oxygen atoms in total. The normalized spacial score (nSPS) is 17.4. The first kappa shape index (κ1) is 27.6. The first-order valence-electron chi connectivity index (χ1n) is 12.5. The average Bonchev–Trinajstić information content (AvgIpc) is 3.48. The van der Waals surface area contributed by atoms with Gasteiger partial charge >= 0.3 is 0 Å². The summed E-state index contributed by atoms with van der Waals surface area (Å²) in [7, 11) is -4.16. The molecule has 1 N–H and O–H groups in total. The van der Waals surface area contributed by atoms with Crippen LogP contribution in [-0.4, -0.2) is 77.8 Å². The lowest BCUT2D eigenvalue weighted by molar-refractivity contribution is -0.134. The van der Waals surface area contributed by atoms with E-state index in [2.05, 4.69) is 24.9 Å². The number of alkyl halides is 3. The van der Waals surface area contributed by atoms with Crippen LogP contribution in [0.25, 0.3) is 21.6 Å². The highest BCUT2D eigenvalue weighted by molar-refractivity contribution is 7.89. The van der Waals surface area contributed by atoms with Gasteiger partial charge in [0, 0.05) is 37.5 Å². The Labute approximate surface area is 227 Å². The molecule has 3 aromatic rings. The van der Waals surface area contributed by atoms with E-state index in [1.807, 2.05) is 18.7 Å². The molecule has 39 heavy (non-hydrogen) atoms. The van der Waals surface area contributed by atoms with Gasteiger partial charge in [0.2, 0.25) is 15.9 Å². The van der Waals surface area contributed by atoms with Crippen molar-refractivity contribution >= 4 is 43.9 Å². The monoisotopic (exact) mass is 583 g/mol. The van der Waals surface area contributed by atoms with Gasteiger partial charge in [0.25, 0.3) is 6.43 Å². The number of nitrogens with zero attached hydrogens (tertiary/aromatic N) is 6. The number of rotatable bonds is 8. The van der Waals surface area contributed by atoms with Crippen LogP contribution in [-0.2, 0) is 14.8 Å². The molecule has 0 bridgehead atoms. The van der Waals surface area contributed by atoms with Crippen LogP contribution < -0.4 is 9.62 Å². The molecule has 1 aromatic carbocycles. The van der Waals surface area contributed by atoms with Gasteiger partial charge in [-0.15, -0.1) is 10.2 Å². The standard InChI is InChI=1S/C24H28F3N7O3S2/c1-13(2)23(35)34-8-6-33(7-9-34)17-11-15(39(36,37)32-24(12-25)4-5-24)10-16-18(17)28-14(3)29-19(16)21-30-31-22(38-21)20(26)27/h10-11,13,20,32H,4-9,12H2,1-3H3. The highest BCUT2D eigenvalue weighted by Crippen LogP contribution is 2.40. The molecule has 15 heteroatoms. The van der Waals surface area contributed by atoms with E-state index in [1.54, 1.807) is 11.8 Å². The molecule has 5 rings (SSSR count).